The minimum Gasteiger partial charge on any atom is -0.497 e. The van der Waals surface area contributed by atoms with Gasteiger partial charge in [-0.1, -0.05) is 6.07 Å². The van der Waals surface area contributed by atoms with Crippen LogP contribution in [-0.4, -0.2) is 12.9 Å². The molecule has 0 N–H and O–H groups in total. The van der Waals surface area contributed by atoms with Crippen LogP contribution in [-0.2, 0) is 4.79 Å². The summed E-state index contributed by atoms with van der Waals surface area (Å²) in [6, 6.07) is 5.50. The molecule has 1 aromatic rings. The quantitative estimate of drug-likeness (QED) is 0.721. The van der Waals surface area contributed by atoms with E-state index in [-0.39, 0.29) is 5.78 Å². The van der Waals surface area contributed by atoms with Crippen molar-refractivity contribution in [1.82, 2.24) is 0 Å². The Kier molecular flexibility index (Phi) is 3.53. The predicted molar refractivity (Wildman–Crippen MR) is 57.0 cm³/mol. The topological polar surface area (TPSA) is 26.3 Å². The summed E-state index contributed by atoms with van der Waals surface area (Å²) in [5.74, 6) is 0.735. The second-order valence-electron chi connectivity index (χ2n) is 3.20. The van der Waals surface area contributed by atoms with Crippen molar-refractivity contribution in [3.63, 3.8) is 0 Å². The molecule has 1 atom stereocenters. The van der Waals surface area contributed by atoms with Gasteiger partial charge in [-0.3, -0.25) is 4.79 Å². The number of carbonyl (C=O) groups is 1. The standard InChI is InChI=1S/C11H13ClO2/c1-7-6-9(14-3)4-5-10(7)11(12)8(2)13/h4-6,11H,1-3H3. The normalized spacial score (nSPS) is 12.3. The Hall–Kier alpha value is -1.02. The van der Waals surface area contributed by atoms with E-state index in [1.807, 2.05) is 19.1 Å². The van der Waals surface area contributed by atoms with Crippen molar-refractivity contribution < 1.29 is 9.53 Å². The average Bonchev–Trinajstić information content (AvgIpc) is 2.16. The third-order valence-electron chi connectivity index (χ3n) is 2.11. The van der Waals surface area contributed by atoms with E-state index >= 15 is 0 Å². The summed E-state index contributed by atoms with van der Waals surface area (Å²) in [6.45, 7) is 3.40. The van der Waals surface area contributed by atoms with Crippen molar-refractivity contribution in [1.29, 1.82) is 0 Å². The first-order valence-electron chi connectivity index (χ1n) is 4.35. The maximum atomic E-state index is 11.1. The van der Waals surface area contributed by atoms with Crippen molar-refractivity contribution in [2.75, 3.05) is 7.11 Å². The molecule has 0 heterocycles. The SMILES string of the molecule is COc1ccc(C(Cl)C(C)=O)c(C)c1. The van der Waals surface area contributed by atoms with Crippen molar-refractivity contribution in [3.05, 3.63) is 29.3 Å². The third-order valence-corrected chi connectivity index (χ3v) is 2.65. The Morgan fingerprint density at radius 3 is 2.57 bits per heavy atom. The number of carbonyl (C=O) groups excluding carboxylic acids is 1. The molecule has 1 unspecified atom stereocenters. The average molecular weight is 213 g/mol. The first-order chi connectivity index (χ1) is 6.56. The van der Waals surface area contributed by atoms with Gasteiger partial charge < -0.3 is 4.74 Å². The van der Waals surface area contributed by atoms with Crippen LogP contribution >= 0.6 is 11.6 Å². The van der Waals surface area contributed by atoms with E-state index in [0.717, 1.165) is 16.9 Å². The largest absolute Gasteiger partial charge is 0.497 e. The van der Waals surface area contributed by atoms with Crippen LogP contribution in [0.4, 0.5) is 0 Å². The zero-order valence-corrected chi connectivity index (χ0v) is 9.26. The Morgan fingerprint density at radius 2 is 2.14 bits per heavy atom. The van der Waals surface area contributed by atoms with Crippen LogP contribution < -0.4 is 4.74 Å². The summed E-state index contributed by atoms with van der Waals surface area (Å²) in [6.07, 6.45) is 0. The molecule has 0 fully saturated rings. The van der Waals surface area contributed by atoms with E-state index in [1.165, 1.54) is 6.92 Å². The van der Waals surface area contributed by atoms with Gasteiger partial charge in [0.05, 0.1) is 7.11 Å². The highest BCUT2D eigenvalue weighted by Gasteiger charge is 2.15. The Bertz CT molecular complexity index is 347. The molecule has 0 spiro atoms. The molecule has 76 valence electrons. The number of ether oxygens (including phenoxy) is 1. The van der Waals surface area contributed by atoms with Crippen molar-refractivity contribution in [3.8, 4) is 5.75 Å². The lowest BCUT2D eigenvalue weighted by atomic mass is 10.0. The second-order valence-corrected chi connectivity index (χ2v) is 3.63. The molecule has 1 rings (SSSR count). The summed E-state index contributed by atoms with van der Waals surface area (Å²) >= 11 is 5.95. The van der Waals surface area contributed by atoms with Gasteiger partial charge in [0.25, 0.3) is 0 Å². The Labute approximate surface area is 88.8 Å². The van der Waals surface area contributed by atoms with Crippen LogP contribution in [0.5, 0.6) is 5.75 Å². The summed E-state index contributed by atoms with van der Waals surface area (Å²) in [5, 5.41) is -0.555. The molecule has 14 heavy (non-hydrogen) atoms. The highest BCUT2D eigenvalue weighted by atomic mass is 35.5. The van der Waals surface area contributed by atoms with E-state index < -0.39 is 5.38 Å². The molecule has 0 saturated heterocycles. The molecule has 3 heteroatoms. The van der Waals surface area contributed by atoms with E-state index in [9.17, 15) is 4.79 Å². The first-order valence-corrected chi connectivity index (χ1v) is 4.79. The zero-order chi connectivity index (χ0) is 10.7. The van der Waals surface area contributed by atoms with Crippen LogP contribution in [0.1, 0.15) is 23.4 Å². The molecule has 0 aliphatic heterocycles. The zero-order valence-electron chi connectivity index (χ0n) is 8.50. The number of rotatable bonds is 3. The number of hydrogen-bond acceptors (Lipinski definition) is 2. The Balaban J connectivity index is 3.05. The minimum atomic E-state index is -0.555. The Morgan fingerprint density at radius 1 is 1.50 bits per heavy atom. The van der Waals surface area contributed by atoms with Gasteiger partial charge >= 0.3 is 0 Å². The van der Waals surface area contributed by atoms with Gasteiger partial charge in [-0.15, -0.1) is 11.6 Å². The number of halogens is 1. The number of Topliss-reactive ketones (excluding diaryl/α,β-unsaturated/α-hetero) is 1. The molecular formula is C11H13ClO2. The fourth-order valence-corrected chi connectivity index (χ4v) is 1.52. The highest BCUT2D eigenvalue weighted by Crippen LogP contribution is 2.27. The summed E-state index contributed by atoms with van der Waals surface area (Å²) < 4.78 is 5.06. The van der Waals surface area contributed by atoms with Gasteiger partial charge in [-0.2, -0.15) is 0 Å². The molecule has 0 radical (unpaired) electrons. The fourth-order valence-electron chi connectivity index (χ4n) is 1.28. The maximum Gasteiger partial charge on any atom is 0.152 e. The summed E-state index contributed by atoms with van der Waals surface area (Å²) in [4.78, 5) is 11.1. The van der Waals surface area contributed by atoms with Gasteiger partial charge in [0.2, 0.25) is 0 Å². The molecular weight excluding hydrogens is 200 g/mol. The molecule has 0 aromatic heterocycles. The number of ketones is 1. The lowest BCUT2D eigenvalue weighted by molar-refractivity contribution is -0.116. The van der Waals surface area contributed by atoms with Crippen molar-refractivity contribution >= 4 is 17.4 Å². The van der Waals surface area contributed by atoms with Crippen molar-refractivity contribution in [2.24, 2.45) is 0 Å². The molecule has 0 bridgehead atoms. The second kappa shape index (κ2) is 4.47. The number of methoxy groups -OCH3 is 1. The smallest absolute Gasteiger partial charge is 0.152 e. The molecule has 1 aromatic carbocycles. The lowest BCUT2D eigenvalue weighted by Gasteiger charge is -2.10. The van der Waals surface area contributed by atoms with E-state index in [2.05, 4.69) is 0 Å². The van der Waals surface area contributed by atoms with Crippen LogP contribution in [0.2, 0.25) is 0 Å². The number of benzene rings is 1. The number of aryl methyl sites for hydroxylation is 1. The maximum absolute atomic E-state index is 11.1. The molecule has 0 aliphatic rings. The summed E-state index contributed by atoms with van der Waals surface area (Å²) in [5.41, 5.74) is 1.82. The fraction of sp³-hybridized carbons (Fsp3) is 0.364. The molecule has 0 amide bonds. The number of hydrogen-bond donors (Lipinski definition) is 0. The van der Waals surface area contributed by atoms with Crippen LogP contribution in [0.15, 0.2) is 18.2 Å². The first kappa shape index (κ1) is 11.1. The van der Waals surface area contributed by atoms with Gasteiger partial charge in [0.15, 0.2) is 5.78 Å². The third kappa shape index (κ3) is 2.26. The van der Waals surface area contributed by atoms with Gasteiger partial charge in [0, 0.05) is 0 Å². The van der Waals surface area contributed by atoms with E-state index in [4.69, 9.17) is 16.3 Å². The van der Waals surface area contributed by atoms with Crippen LogP contribution in [0, 0.1) is 6.92 Å². The van der Waals surface area contributed by atoms with Crippen LogP contribution in [0.25, 0.3) is 0 Å². The monoisotopic (exact) mass is 212 g/mol. The van der Waals surface area contributed by atoms with Gasteiger partial charge in [-0.05, 0) is 37.1 Å². The molecule has 0 saturated carbocycles. The van der Waals surface area contributed by atoms with Gasteiger partial charge in [0.1, 0.15) is 11.1 Å². The highest BCUT2D eigenvalue weighted by molar-refractivity contribution is 6.30. The predicted octanol–water partition coefficient (Wildman–Crippen LogP) is 2.87. The lowest BCUT2D eigenvalue weighted by Crippen LogP contribution is -2.03. The molecule has 0 aliphatic carbocycles. The minimum absolute atomic E-state index is 0.0417. The molecule has 2 nitrogen and oxygen atoms in total. The number of alkyl halides is 1. The van der Waals surface area contributed by atoms with Gasteiger partial charge in [-0.25, -0.2) is 0 Å². The van der Waals surface area contributed by atoms with Crippen LogP contribution in [0.3, 0.4) is 0 Å². The van der Waals surface area contributed by atoms with Crippen molar-refractivity contribution in [2.45, 2.75) is 19.2 Å². The summed E-state index contributed by atoms with van der Waals surface area (Å²) in [7, 11) is 1.61. The van der Waals surface area contributed by atoms with E-state index in [1.54, 1.807) is 13.2 Å². The van der Waals surface area contributed by atoms with E-state index in [0.29, 0.717) is 0 Å².